The maximum absolute atomic E-state index is 12.2. The van der Waals surface area contributed by atoms with Gasteiger partial charge >= 0.3 is 5.97 Å². The number of thioether (sulfide) groups is 1. The molecule has 144 valence electrons. The highest BCUT2D eigenvalue weighted by molar-refractivity contribution is 8.18. The lowest BCUT2D eigenvalue weighted by atomic mass is 10.1. The Labute approximate surface area is 167 Å². The molecule has 0 aromatic heterocycles. The second-order valence-electron chi connectivity index (χ2n) is 6.37. The molecule has 0 bridgehead atoms. The van der Waals surface area contributed by atoms with E-state index in [9.17, 15) is 9.59 Å². The number of amidine groups is 1. The number of aliphatic carboxylic acids is 1. The molecule has 2 aromatic rings. The van der Waals surface area contributed by atoms with E-state index >= 15 is 0 Å². The lowest BCUT2D eigenvalue weighted by Crippen LogP contribution is -2.22. The molecule has 1 heterocycles. The Balaban J connectivity index is 1.74. The molecule has 2 aromatic carbocycles. The van der Waals surface area contributed by atoms with Crippen LogP contribution < -0.4 is 10.1 Å². The van der Waals surface area contributed by atoms with Crippen LogP contribution in [-0.2, 0) is 9.59 Å². The van der Waals surface area contributed by atoms with Gasteiger partial charge in [-0.3, -0.25) is 4.79 Å². The fraction of sp³-hybridized carbons (Fsp3) is 0.190. The SMILES string of the molecule is Cc1cccc(N=C2NC(=O)/C(=C\c3ccc(OC(C)C(=O)O)cc3)S2)c1C. The number of aryl methyl sites for hydroxylation is 1. The number of aliphatic imine (C=N–C) groups is 1. The smallest absolute Gasteiger partial charge is 0.344 e. The summed E-state index contributed by atoms with van der Waals surface area (Å²) in [6.45, 7) is 5.49. The molecule has 0 aliphatic carbocycles. The van der Waals surface area contributed by atoms with Gasteiger partial charge in [-0.2, -0.15) is 0 Å². The van der Waals surface area contributed by atoms with Crippen LogP contribution in [-0.4, -0.2) is 28.3 Å². The van der Waals surface area contributed by atoms with Gasteiger partial charge in [0.1, 0.15) is 5.75 Å². The number of carbonyl (C=O) groups excluding carboxylic acids is 1. The van der Waals surface area contributed by atoms with Gasteiger partial charge in [0.15, 0.2) is 11.3 Å². The number of ether oxygens (including phenoxy) is 1. The first-order valence-corrected chi connectivity index (χ1v) is 9.50. The summed E-state index contributed by atoms with van der Waals surface area (Å²) < 4.78 is 5.30. The Morgan fingerprint density at radius 2 is 1.93 bits per heavy atom. The topological polar surface area (TPSA) is 88.0 Å². The zero-order valence-corrected chi connectivity index (χ0v) is 16.5. The fourth-order valence-electron chi connectivity index (χ4n) is 2.50. The second-order valence-corrected chi connectivity index (χ2v) is 7.40. The van der Waals surface area contributed by atoms with Crippen molar-refractivity contribution in [3.63, 3.8) is 0 Å². The van der Waals surface area contributed by atoms with Crippen molar-refractivity contribution in [1.82, 2.24) is 5.32 Å². The summed E-state index contributed by atoms with van der Waals surface area (Å²) >= 11 is 1.28. The Bertz CT molecular complexity index is 980. The summed E-state index contributed by atoms with van der Waals surface area (Å²) in [4.78, 5) is 28.2. The van der Waals surface area contributed by atoms with Crippen molar-refractivity contribution in [2.75, 3.05) is 0 Å². The summed E-state index contributed by atoms with van der Waals surface area (Å²) in [5, 5.41) is 12.2. The van der Waals surface area contributed by atoms with Crippen LogP contribution in [0.5, 0.6) is 5.75 Å². The molecule has 0 radical (unpaired) electrons. The van der Waals surface area contributed by atoms with E-state index in [1.54, 1.807) is 30.3 Å². The number of hydrogen-bond donors (Lipinski definition) is 2. The molecule has 1 amide bonds. The first-order valence-electron chi connectivity index (χ1n) is 8.69. The number of carbonyl (C=O) groups is 2. The minimum atomic E-state index is -1.03. The first-order chi connectivity index (χ1) is 13.3. The predicted molar refractivity (Wildman–Crippen MR) is 111 cm³/mol. The van der Waals surface area contributed by atoms with E-state index in [1.165, 1.54) is 18.7 Å². The molecule has 0 saturated carbocycles. The van der Waals surface area contributed by atoms with Crippen molar-refractivity contribution < 1.29 is 19.4 Å². The van der Waals surface area contributed by atoms with Gasteiger partial charge in [0.2, 0.25) is 0 Å². The lowest BCUT2D eigenvalue weighted by molar-refractivity contribution is -0.144. The molecular formula is C21H20N2O4S. The summed E-state index contributed by atoms with van der Waals surface area (Å²) in [6, 6.07) is 12.8. The van der Waals surface area contributed by atoms with Crippen LogP contribution in [0.15, 0.2) is 52.4 Å². The zero-order valence-electron chi connectivity index (χ0n) is 15.7. The molecule has 1 aliphatic rings. The average molecular weight is 396 g/mol. The number of nitrogens with one attached hydrogen (secondary N) is 1. The van der Waals surface area contributed by atoms with Crippen molar-refractivity contribution in [3.05, 3.63) is 64.1 Å². The van der Waals surface area contributed by atoms with E-state index in [1.807, 2.05) is 32.0 Å². The molecule has 0 spiro atoms. The third-order valence-corrected chi connectivity index (χ3v) is 5.20. The van der Waals surface area contributed by atoms with E-state index in [0.717, 1.165) is 22.4 Å². The first kappa shape index (κ1) is 19.7. The molecule has 28 heavy (non-hydrogen) atoms. The highest BCUT2D eigenvalue weighted by atomic mass is 32.2. The quantitative estimate of drug-likeness (QED) is 0.745. The highest BCUT2D eigenvalue weighted by Gasteiger charge is 2.24. The van der Waals surface area contributed by atoms with Gasteiger partial charge in [0.25, 0.3) is 5.91 Å². The van der Waals surface area contributed by atoms with Crippen molar-refractivity contribution in [2.45, 2.75) is 26.9 Å². The van der Waals surface area contributed by atoms with Gasteiger partial charge < -0.3 is 15.2 Å². The molecule has 1 saturated heterocycles. The molecule has 7 heteroatoms. The predicted octanol–water partition coefficient (Wildman–Crippen LogP) is 4.05. The minimum Gasteiger partial charge on any atom is -0.479 e. The summed E-state index contributed by atoms with van der Waals surface area (Å²) in [6.07, 6.45) is 0.833. The maximum Gasteiger partial charge on any atom is 0.344 e. The fourth-order valence-corrected chi connectivity index (χ4v) is 3.33. The number of nitrogens with zero attached hydrogens (tertiary/aromatic N) is 1. The summed E-state index contributed by atoms with van der Waals surface area (Å²) in [5.41, 5.74) is 3.86. The number of carboxylic acids is 1. The van der Waals surface area contributed by atoms with Gasteiger partial charge in [-0.15, -0.1) is 0 Å². The summed E-state index contributed by atoms with van der Waals surface area (Å²) in [5.74, 6) is -0.771. The lowest BCUT2D eigenvalue weighted by Gasteiger charge is -2.10. The average Bonchev–Trinajstić information content (AvgIpc) is 2.99. The van der Waals surface area contributed by atoms with E-state index < -0.39 is 12.1 Å². The van der Waals surface area contributed by atoms with Crippen molar-refractivity contribution in [1.29, 1.82) is 0 Å². The second kappa shape index (κ2) is 8.31. The zero-order chi connectivity index (χ0) is 20.3. The molecule has 1 fully saturated rings. The third kappa shape index (κ3) is 4.61. The third-order valence-electron chi connectivity index (χ3n) is 4.29. The molecule has 6 nitrogen and oxygen atoms in total. The molecule has 1 atom stereocenters. The van der Waals surface area contributed by atoms with Crippen LogP contribution in [0.4, 0.5) is 5.69 Å². The molecule has 3 rings (SSSR count). The number of hydrogen-bond acceptors (Lipinski definition) is 5. The van der Waals surface area contributed by atoms with E-state index in [2.05, 4.69) is 10.3 Å². The van der Waals surface area contributed by atoms with Crippen LogP contribution in [0.2, 0.25) is 0 Å². The van der Waals surface area contributed by atoms with Crippen LogP contribution in [0.3, 0.4) is 0 Å². The van der Waals surface area contributed by atoms with Crippen molar-refractivity contribution in [3.8, 4) is 5.75 Å². The van der Waals surface area contributed by atoms with E-state index in [-0.39, 0.29) is 5.91 Å². The number of carboxylic acid groups (broad SMARTS) is 1. The van der Waals surface area contributed by atoms with Crippen LogP contribution in [0, 0.1) is 13.8 Å². The summed E-state index contributed by atoms with van der Waals surface area (Å²) in [7, 11) is 0. The Morgan fingerprint density at radius 3 is 2.61 bits per heavy atom. The van der Waals surface area contributed by atoms with E-state index in [0.29, 0.717) is 15.8 Å². The standard InChI is InChI=1S/C21H20N2O4S/c1-12-5-4-6-17(13(12)2)22-21-23-19(24)18(28-21)11-15-7-9-16(10-8-15)27-14(3)20(25)26/h4-11,14H,1-3H3,(H,25,26)(H,22,23,24)/b18-11+. The minimum absolute atomic E-state index is 0.200. The van der Waals surface area contributed by atoms with Crippen molar-refractivity contribution >= 4 is 40.6 Å². The van der Waals surface area contributed by atoms with Gasteiger partial charge in [0, 0.05) is 0 Å². The van der Waals surface area contributed by atoms with Gasteiger partial charge in [-0.05, 0) is 73.5 Å². The number of amides is 1. The molecule has 1 aliphatic heterocycles. The largest absolute Gasteiger partial charge is 0.479 e. The van der Waals surface area contributed by atoms with Crippen molar-refractivity contribution in [2.24, 2.45) is 4.99 Å². The van der Waals surface area contributed by atoms with Gasteiger partial charge in [-0.25, -0.2) is 9.79 Å². The Hall–Kier alpha value is -3.06. The highest BCUT2D eigenvalue weighted by Crippen LogP contribution is 2.30. The maximum atomic E-state index is 12.2. The Kier molecular flexibility index (Phi) is 5.84. The number of rotatable bonds is 5. The molecule has 1 unspecified atom stereocenters. The molecular weight excluding hydrogens is 376 g/mol. The normalized spacial score (nSPS) is 17.6. The number of benzene rings is 2. The van der Waals surface area contributed by atoms with Crippen LogP contribution in [0.25, 0.3) is 6.08 Å². The Morgan fingerprint density at radius 1 is 1.21 bits per heavy atom. The molecule has 2 N–H and O–H groups in total. The van der Waals surface area contributed by atoms with Gasteiger partial charge in [0.05, 0.1) is 10.6 Å². The van der Waals surface area contributed by atoms with Crippen LogP contribution in [0.1, 0.15) is 23.6 Å². The van der Waals surface area contributed by atoms with Crippen LogP contribution >= 0.6 is 11.8 Å². The van der Waals surface area contributed by atoms with Gasteiger partial charge in [-0.1, -0.05) is 24.3 Å². The van der Waals surface area contributed by atoms with E-state index in [4.69, 9.17) is 9.84 Å². The monoisotopic (exact) mass is 396 g/mol.